The number of nitrogens with zero attached hydrogens (tertiary/aromatic N) is 1. The van der Waals surface area contributed by atoms with Crippen LogP contribution >= 0.6 is 0 Å². The summed E-state index contributed by atoms with van der Waals surface area (Å²) < 4.78 is 55.0. The Morgan fingerprint density at radius 2 is 2.00 bits per heavy atom. The van der Waals surface area contributed by atoms with Crippen LogP contribution in [0.1, 0.15) is 12.5 Å². The SMILES string of the molecule is CCN(Cc1ccc(OC)c(F)c1)C(=O)C(F)(F)F. The molecule has 1 aromatic rings. The lowest BCUT2D eigenvalue weighted by Gasteiger charge is -2.22. The molecule has 0 N–H and O–H groups in total. The van der Waals surface area contributed by atoms with Gasteiger partial charge >= 0.3 is 12.1 Å². The molecule has 0 fully saturated rings. The zero-order valence-electron chi connectivity index (χ0n) is 10.4. The zero-order chi connectivity index (χ0) is 14.6. The molecule has 0 heterocycles. The van der Waals surface area contributed by atoms with Crippen molar-refractivity contribution in [2.45, 2.75) is 19.6 Å². The summed E-state index contributed by atoms with van der Waals surface area (Å²) in [6.07, 6.45) is -4.93. The van der Waals surface area contributed by atoms with Gasteiger partial charge in [0.1, 0.15) is 0 Å². The molecule has 106 valence electrons. The van der Waals surface area contributed by atoms with Crippen molar-refractivity contribution in [1.29, 1.82) is 0 Å². The van der Waals surface area contributed by atoms with Gasteiger partial charge in [-0.15, -0.1) is 0 Å². The average molecular weight is 279 g/mol. The molecule has 3 nitrogen and oxygen atoms in total. The average Bonchev–Trinajstić information content (AvgIpc) is 2.34. The Kier molecular flexibility index (Phi) is 4.74. The minimum absolute atomic E-state index is 0.00561. The van der Waals surface area contributed by atoms with Crippen LogP contribution in [0.15, 0.2) is 18.2 Å². The Morgan fingerprint density at radius 3 is 2.42 bits per heavy atom. The monoisotopic (exact) mass is 279 g/mol. The molecule has 0 bridgehead atoms. The summed E-state index contributed by atoms with van der Waals surface area (Å²) in [7, 11) is 1.28. The van der Waals surface area contributed by atoms with Gasteiger partial charge in [-0.2, -0.15) is 13.2 Å². The summed E-state index contributed by atoms with van der Waals surface area (Å²) >= 11 is 0. The fraction of sp³-hybridized carbons (Fsp3) is 0.417. The summed E-state index contributed by atoms with van der Waals surface area (Å²) in [5.74, 6) is -2.63. The number of hydrogen-bond donors (Lipinski definition) is 0. The first kappa shape index (κ1) is 15.3. The molecule has 1 rings (SSSR count). The van der Waals surface area contributed by atoms with Gasteiger partial charge in [-0.1, -0.05) is 6.07 Å². The second-order valence-electron chi connectivity index (χ2n) is 3.79. The number of hydrogen-bond acceptors (Lipinski definition) is 2. The minimum atomic E-state index is -4.93. The van der Waals surface area contributed by atoms with Crippen LogP contribution in [0.3, 0.4) is 0 Å². The van der Waals surface area contributed by atoms with Crippen molar-refractivity contribution in [3.63, 3.8) is 0 Å². The van der Waals surface area contributed by atoms with Gasteiger partial charge in [0.25, 0.3) is 0 Å². The lowest BCUT2D eigenvalue weighted by atomic mass is 10.2. The fourth-order valence-electron chi connectivity index (χ4n) is 1.54. The number of methoxy groups -OCH3 is 1. The van der Waals surface area contributed by atoms with Crippen LogP contribution in [0.25, 0.3) is 0 Å². The van der Waals surface area contributed by atoms with Gasteiger partial charge in [0.05, 0.1) is 7.11 Å². The van der Waals surface area contributed by atoms with E-state index in [1.807, 2.05) is 0 Å². The molecule has 0 spiro atoms. The molecule has 0 radical (unpaired) electrons. The first-order valence-electron chi connectivity index (χ1n) is 5.48. The predicted molar refractivity (Wildman–Crippen MR) is 60.1 cm³/mol. The number of benzene rings is 1. The molecule has 19 heavy (non-hydrogen) atoms. The van der Waals surface area contributed by atoms with Gasteiger partial charge in [-0.05, 0) is 24.6 Å². The van der Waals surface area contributed by atoms with Crippen LogP contribution < -0.4 is 4.74 Å². The summed E-state index contributed by atoms with van der Waals surface area (Å²) in [5.41, 5.74) is 0.262. The number of carbonyl (C=O) groups is 1. The summed E-state index contributed by atoms with van der Waals surface area (Å²) in [4.78, 5) is 11.7. The Hall–Kier alpha value is -1.79. The lowest BCUT2D eigenvalue weighted by Crippen LogP contribution is -2.40. The molecule has 0 aromatic heterocycles. The largest absolute Gasteiger partial charge is 0.494 e. The summed E-state index contributed by atoms with van der Waals surface area (Å²) in [6, 6.07) is 3.76. The van der Waals surface area contributed by atoms with E-state index in [0.717, 1.165) is 6.07 Å². The quantitative estimate of drug-likeness (QED) is 0.793. The van der Waals surface area contributed by atoms with E-state index in [1.165, 1.54) is 26.2 Å². The van der Waals surface area contributed by atoms with Crippen molar-refractivity contribution in [2.75, 3.05) is 13.7 Å². The molecule has 0 saturated heterocycles. The Labute approximate surface area is 107 Å². The fourth-order valence-corrected chi connectivity index (χ4v) is 1.54. The van der Waals surface area contributed by atoms with Crippen molar-refractivity contribution in [1.82, 2.24) is 4.90 Å². The molecule has 0 aliphatic carbocycles. The Morgan fingerprint density at radius 1 is 1.37 bits per heavy atom. The van der Waals surface area contributed by atoms with Crippen LogP contribution in [-0.4, -0.2) is 30.6 Å². The highest BCUT2D eigenvalue weighted by Gasteiger charge is 2.41. The van der Waals surface area contributed by atoms with E-state index in [9.17, 15) is 22.4 Å². The third-order valence-corrected chi connectivity index (χ3v) is 2.50. The predicted octanol–water partition coefficient (Wildman–Crippen LogP) is 2.75. The number of rotatable bonds is 4. The van der Waals surface area contributed by atoms with Crippen LogP contribution in [-0.2, 0) is 11.3 Å². The highest BCUT2D eigenvalue weighted by atomic mass is 19.4. The highest BCUT2D eigenvalue weighted by molar-refractivity contribution is 5.81. The third-order valence-electron chi connectivity index (χ3n) is 2.50. The first-order chi connectivity index (χ1) is 8.79. The van der Waals surface area contributed by atoms with E-state index in [0.29, 0.717) is 4.90 Å². The molecule has 1 amide bonds. The zero-order valence-corrected chi connectivity index (χ0v) is 10.4. The van der Waals surface area contributed by atoms with E-state index >= 15 is 0 Å². The van der Waals surface area contributed by atoms with Crippen molar-refractivity contribution >= 4 is 5.91 Å². The molecular formula is C12H13F4NO2. The Balaban J connectivity index is 2.88. The second-order valence-corrected chi connectivity index (χ2v) is 3.79. The van der Waals surface area contributed by atoms with E-state index < -0.39 is 17.9 Å². The van der Waals surface area contributed by atoms with E-state index in [4.69, 9.17) is 4.74 Å². The van der Waals surface area contributed by atoms with Crippen molar-refractivity contribution < 1.29 is 27.1 Å². The van der Waals surface area contributed by atoms with Crippen LogP contribution in [0, 0.1) is 5.82 Å². The molecule has 7 heteroatoms. The minimum Gasteiger partial charge on any atom is -0.494 e. The molecular weight excluding hydrogens is 266 g/mol. The van der Waals surface area contributed by atoms with E-state index in [-0.39, 0.29) is 24.4 Å². The number of ether oxygens (including phenoxy) is 1. The lowest BCUT2D eigenvalue weighted by molar-refractivity contribution is -0.185. The van der Waals surface area contributed by atoms with E-state index in [1.54, 1.807) is 0 Å². The number of carbonyl (C=O) groups excluding carboxylic acids is 1. The van der Waals surface area contributed by atoms with Gasteiger partial charge in [-0.25, -0.2) is 4.39 Å². The molecule has 0 unspecified atom stereocenters. The maximum absolute atomic E-state index is 13.4. The van der Waals surface area contributed by atoms with Gasteiger partial charge in [-0.3, -0.25) is 4.79 Å². The summed E-state index contributed by atoms with van der Waals surface area (Å²) in [5, 5.41) is 0. The number of alkyl halides is 3. The normalized spacial score (nSPS) is 11.3. The summed E-state index contributed by atoms with van der Waals surface area (Å²) in [6.45, 7) is 0.991. The van der Waals surface area contributed by atoms with Gasteiger partial charge in [0.15, 0.2) is 11.6 Å². The van der Waals surface area contributed by atoms with Gasteiger partial charge in [0.2, 0.25) is 0 Å². The standard InChI is InChI=1S/C12H13F4NO2/c1-3-17(11(18)12(14,15)16)7-8-4-5-10(19-2)9(13)6-8/h4-6H,3,7H2,1-2H3. The van der Waals surface area contributed by atoms with Crippen LogP contribution in [0.5, 0.6) is 5.75 Å². The number of halogens is 4. The molecule has 0 atom stereocenters. The van der Waals surface area contributed by atoms with Crippen LogP contribution in [0.4, 0.5) is 17.6 Å². The molecule has 0 aliphatic heterocycles. The maximum atomic E-state index is 13.4. The van der Waals surface area contributed by atoms with E-state index in [2.05, 4.69) is 0 Å². The molecule has 1 aromatic carbocycles. The molecule has 0 saturated carbocycles. The van der Waals surface area contributed by atoms with Gasteiger partial charge in [0, 0.05) is 13.1 Å². The number of amides is 1. The van der Waals surface area contributed by atoms with Crippen molar-refractivity contribution in [3.8, 4) is 5.75 Å². The first-order valence-corrected chi connectivity index (χ1v) is 5.48. The molecule has 0 aliphatic rings. The topological polar surface area (TPSA) is 29.5 Å². The Bertz CT molecular complexity index is 460. The maximum Gasteiger partial charge on any atom is 0.471 e. The smallest absolute Gasteiger partial charge is 0.471 e. The third kappa shape index (κ3) is 3.84. The van der Waals surface area contributed by atoms with Crippen LogP contribution in [0.2, 0.25) is 0 Å². The van der Waals surface area contributed by atoms with Crippen molar-refractivity contribution in [3.05, 3.63) is 29.6 Å². The van der Waals surface area contributed by atoms with Crippen molar-refractivity contribution in [2.24, 2.45) is 0 Å². The van der Waals surface area contributed by atoms with Gasteiger partial charge < -0.3 is 9.64 Å². The second kappa shape index (κ2) is 5.90. The highest BCUT2D eigenvalue weighted by Crippen LogP contribution is 2.22.